The number of furan rings is 1. The van der Waals surface area contributed by atoms with Gasteiger partial charge in [-0.05, 0) is 44.2 Å². The molecule has 1 amide bonds. The summed E-state index contributed by atoms with van der Waals surface area (Å²) in [5.74, 6) is -0.0608. The number of hydrogen-bond acceptors (Lipinski definition) is 3. The Morgan fingerprint density at radius 2 is 2.17 bits per heavy atom. The summed E-state index contributed by atoms with van der Waals surface area (Å²) in [6, 6.07) is 9.68. The quantitative estimate of drug-likeness (QED) is 0.909. The molecule has 0 saturated carbocycles. The molecule has 1 aliphatic heterocycles. The van der Waals surface area contributed by atoms with Crippen molar-refractivity contribution in [3.8, 4) is 0 Å². The number of carbonyl (C=O) groups is 2. The van der Waals surface area contributed by atoms with E-state index in [1.54, 1.807) is 0 Å². The normalized spacial score (nSPS) is 19.4. The zero-order valence-electron chi connectivity index (χ0n) is 13.9. The van der Waals surface area contributed by atoms with Gasteiger partial charge in [-0.15, -0.1) is 0 Å². The molecule has 2 unspecified atom stereocenters. The number of amides is 1. The minimum atomic E-state index is -0.769. The minimum absolute atomic E-state index is 0.0640. The van der Waals surface area contributed by atoms with Crippen LogP contribution in [0.4, 0.5) is 0 Å². The van der Waals surface area contributed by atoms with Crippen molar-refractivity contribution < 1.29 is 19.1 Å². The van der Waals surface area contributed by atoms with Crippen molar-refractivity contribution in [2.75, 3.05) is 13.1 Å². The van der Waals surface area contributed by atoms with Crippen LogP contribution in [-0.2, 0) is 9.59 Å². The number of aliphatic carboxylic acids is 1. The van der Waals surface area contributed by atoms with Crippen LogP contribution in [0.25, 0.3) is 11.0 Å². The summed E-state index contributed by atoms with van der Waals surface area (Å²) >= 11 is 0. The summed E-state index contributed by atoms with van der Waals surface area (Å²) in [5.41, 5.74) is 0.796. The molecule has 2 atom stereocenters. The summed E-state index contributed by atoms with van der Waals surface area (Å²) in [5, 5.41) is 9.84. The molecule has 1 N–H and O–H groups in total. The number of benzene rings is 1. The number of carbonyl (C=O) groups excluding carboxylic acids is 1. The van der Waals surface area contributed by atoms with Gasteiger partial charge in [0.25, 0.3) is 0 Å². The standard InChI is InChI=1S/C19H23NO4/c1-13(17-11-15-6-2-3-7-16(15)24-17)19(23)20-10-4-5-14(12-20)8-9-18(21)22/h2-3,6-7,11,13-14H,4-5,8-10,12H2,1H3,(H,21,22). The van der Waals surface area contributed by atoms with Gasteiger partial charge in [-0.3, -0.25) is 9.59 Å². The Kier molecular flexibility index (Phi) is 4.88. The van der Waals surface area contributed by atoms with Gasteiger partial charge in [-0.1, -0.05) is 18.2 Å². The molecule has 1 saturated heterocycles. The van der Waals surface area contributed by atoms with Crippen molar-refractivity contribution in [2.24, 2.45) is 5.92 Å². The van der Waals surface area contributed by atoms with E-state index in [-0.39, 0.29) is 24.2 Å². The van der Waals surface area contributed by atoms with Crippen LogP contribution < -0.4 is 0 Å². The third kappa shape index (κ3) is 3.61. The van der Waals surface area contributed by atoms with Crippen LogP contribution in [0.5, 0.6) is 0 Å². The molecule has 24 heavy (non-hydrogen) atoms. The van der Waals surface area contributed by atoms with E-state index >= 15 is 0 Å². The average molecular weight is 329 g/mol. The largest absolute Gasteiger partial charge is 0.481 e. The van der Waals surface area contributed by atoms with Crippen LogP contribution in [0.1, 0.15) is 44.3 Å². The van der Waals surface area contributed by atoms with Crippen LogP contribution in [-0.4, -0.2) is 35.0 Å². The van der Waals surface area contributed by atoms with Gasteiger partial charge in [0.2, 0.25) is 5.91 Å². The van der Waals surface area contributed by atoms with Crippen molar-refractivity contribution >= 4 is 22.8 Å². The molecular formula is C19H23NO4. The van der Waals surface area contributed by atoms with Crippen molar-refractivity contribution in [1.82, 2.24) is 4.90 Å². The second-order valence-electron chi connectivity index (χ2n) is 6.63. The SMILES string of the molecule is CC(C(=O)N1CCCC(CCC(=O)O)C1)c1cc2ccccc2o1. The average Bonchev–Trinajstić information content (AvgIpc) is 3.03. The molecule has 1 fully saturated rings. The van der Waals surface area contributed by atoms with Gasteiger partial charge in [0.05, 0.1) is 5.92 Å². The molecule has 0 aliphatic carbocycles. The predicted molar refractivity (Wildman–Crippen MR) is 90.8 cm³/mol. The Bertz CT molecular complexity index is 703. The lowest BCUT2D eigenvalue weighted by atomic mass is 9.92. The maximum atomic E-state index is 12.8. The summed E-state index contributed by atoms with van der Waals surface area (Å²) < 4.78 is 5.82. The van der Waals surface area contributed by atoms with E-state index in [0.717, 1.165) is 30.4 Å². The number of piperidine rings is 1. The Morgan fingerprint density at radius 1 is 1.38 bits per heavy atom. The maximum Gasteiger partial charge on any atom is 0.303 e. The number of likely N-dealkylation sites (tertiary alicyclic amines) is 1. The Balaban J connectivity index is 1.67. The van der Waals surface area contributed by atoms with E-state index in [4.69, 9.17) is 9.52 Å². The molecule has 2 aromatic rings. The summed E-state index contributed by atoms with van der Waals surface area (Å²) in [7, 11) is 0. The molecular weight excluding hydrogens is 306 g/mol. The lowest BCUT2D eigenvalue weighted by Gasteiger charge is -2.34. The minimum Gasteiger partial charge on any atom is -0.481 e. The fourth-order valence-electron chi connectivity index (χ4n) is 3.44. The van der Waals surface area contributed by atoms with Crippen LogP contribution in [0.2, 0.25) is 0 Å². The van der Waals surface area contributed by atoms with Crippen LogP contribution in [0, 0.1) is 5.92 Å². The van der Waals surface area contributed by atoms with Crippen molar-refractivity contribution in [1.29, 1.82) is 0 Å². The Morgan fingerprint density at radius 3 is 2.92 bits per heavy atom. The first-order valence-corrected chi connectivity index (χ1v) is 8.53. The van der Waals surface area contributed by atoms with E-state index < -0.39 is 5.97 Å². The van der Waals surface area contributed by atoms with Crippen molar-refractivity contribution in [3.05, 3.63) is 36.1 Å². The second-order valence-corrected chi connectivity index (χ2v) is 6.63. The first kappa shape index (κ1) is 16.6. The van der Waals surface area contributed by atoms with Gasteiger partial charge in [0.1, 0.15) is 11.3 Å². The van der Waals surface area contributed by atoms with Gasteiger partial charge in [0, 0.05) is 24.9 Å². The highest BCUT2D eigenvalue weighted by Gasteiger charge is 2.29. The van der Waals surface area contributed by atoms with E-state index in [2.05, 4.69) is 0 Å². The topological polar surface area (TPSA) is 70.8 Å². The second kappa shape index (κ2) is 7.07. The van der Waals surface area contributed by atoms with Crippen LogP contribution in [0.3, 0.4) is 0 Å². The van der Waals surface area contributed by atoms with Crippen LogP contribution in [0.15, 0.2) is 34.7 Å². The number of carboxylic acid groups (broad SMARTS) is 1. The van der Waals surface area contributed by atoms with Crippen LogP contribution >= 0.6 is 0 Å². The molecule has 128 valence electrons. The smallest absolute Gasteiger partial charge is 0.303 e. The first-order valence-electron chi connectivity index (χ1n) is 8.53. The number of nitrogens with zero attached hydrogens (tertiary/aromatic N) is 1. The summed E-state index contributed by atoms with van der Waals surface area (Å²) in [6.45, 7) is 3.27. The fraction of sp³-hybridized carbons (Fsp3) is 0.474. The molecule has 0 spiro atoms. The molecule has 0 radical (unpaired) electrons. The summed E-state index contributed by atoms with van der Waals surface area (Å²) in [6.07, 6.45) is 2.74. The molecule has 5 heteroatoms. The summed E-state index contributed by atoms with van der Waals surface area (Å²) in [4.78, 5) is 25.4. The van der Waals surface area contributed by atoms with Gasteiger partial charge in [0.15, 0.2) is 0 Å². The monoisotopic (exact) mass is 329 g/mol. The third-order valence-electron chi connectivity index (χ3n) is 4.84. The fourth-order valence-corrected chi connectivity index (χ4v) is 3.44. The lowest BCUT2D eigenvalue weighted by molar-refractivity contribution is -0.137. The van der Waals surface area contributed by atoms with Gasteiger partial charge < -0.3 is 14.4 Å². The zero-order valence-corrected chi connectivity index (χ0v) is 13.9. The molecule has 1 aromatic carbocycles. The number of para-hydroxylation sites is 1. The molecule has 0 bridgehead atoms. The van der Waals surface area contributed by atoms with E-state index in [1.807, 2.05) is 42.2 Å². The zero-order chi connectivity index (χ0) is 17.1. The van der Waals surface area contributed by atoms with Gasteiger partial charge in [-0.2, -0.15) is 0 Å². The number of rotatable bonds is 5. The number of fused-ring (bicyclic) bond motifs is 1. The first-order chi connectivity index (χ1) is 11.5. The van der Waals surface area contributed by atoms with Gasteiger partial charge >= 0.3 is 5.97 Å². The molecule has 3 rings (SSSR count). The van der Waals surface area contributed by atoms with Crippen molar-refractivity contribution in [2.45, 2.75) is 38.5 Å². The van der Waals surface area contributed by atoms with Crippen molar-refractivity contribution in [3.63, 3.8) is 0 Å². The highest BCUT2D eigenvalue weighted by Crippen LogP contribution is 2.28. The number of carboxylic acids is 1. The van der Waals surface area contributed by atoms with E-state index in [9.17, 15) is 9.59 Å². The Hall–Kier alpha value is -2.30. The lowest BCUT2D eigenvalue weighted by Crippen LogP contribution is -2.41. The maximum absolute atomic E-state index is 12.8. The Labute approximate surface area is 141 Å². The van der Waals surface area contributed by atoms with E-state index in [0.29, 0.717) is 18.7 Å². The predicted octanol–water partition coefficient (Wildman–Crippen LogP) is 3.64. The third-order valence-corrected chi connectivity index (χ3v) is 4.84. The molecule has 1 aliphatic rings. The highest BCUT2D eigenvalue weighted by molar-refractivity contribution is 5.85. The molecule has 5 nitrogen and oxygen atoms in total. The number of hydrogen-bond donors (Lipinski definition) is 1. The molecule has 1 aromatic heterocycles. The highest BCUT2D eigenvalue weighted by atomic mass is 16.4. The van der Waals surface area contributed by atoms with E-state index in [1.165, 1.54) is 0 Å². The van der Waals surface area contributed by atoms with Gasteiger partial charge in [-0.25, -0.2) is 0 Å². The molecule has 2 heterocycles.